The number of nitrogens with zero attached hydrogens (tertiary/aromatic N) is 1. The third-order valence-electron chi connectivity index (χ3n) is 3.65. The summed E-state index contributed by atoms with van der Waals surface area (Å²) in [6.07, 6.45) is 0. The predicted octanol–water partition coefficient (Wildman–Crippen LogP) is 4.54. The lowest BCUT2D eigenvalue weighted by Gasteiger charge is -2.04. The highest BCUT2D eigenvalue weighted by Crippen LogP contribution is 2.33. The van der Waals surface area contributed by atoms with Crippen molar-refractivity contribution in [3.63, 3.8) is 0 Å². The fourth-order valence-corrected chi connectivity index (χ4v) is 3.64. The first-order valence-corrected chi connectivity index (χ1v) is 7.82. The van der Waals surface area contributed by atoms with Crippen LogP contribution in [0.5, 0.6) is 0 Å². The monoisotopic (exact) mass is 296 g/mol. The van der Waals surface area contributed by atoms with Crippen molar-refractivity contribution in [3.05, 3.63) is 71.7 Å². The van der Waals surface area contributed by atoms with Crippen molar-refractivity contribution in [2.45, 2.75) is 6.04 Å². The maximum absolute atomic E-state index is 13.3. The molecule has 0 aliphatic carbocycles. The predicted molar refractivity (Wildman–Crippen MR) is 86.4 cm³/mol. The molecule has 0 saturated heterocycles. The van der Waals surface area contributed by atoms with E-state index in [4.69, 9.17) is 4.99 Å². The van der Waals surface area contributed by atoms with Crippen molar-refractivity contribution in [1.29, 1.82) is 0 Å². The molecule has 0 amide bonds. The zero-order chi connectivity index (χ0) is 14.2. The first-order chi connectivity index (χ1) is 10.3. The van der Waals surface area contributed by atoms with Gasteiger partial charge in [0, 0.05) is 16.7 Å². The Balaban J connectivity index is 1.69. The molecule has 1 aromatic heterocycles. The van der Waals surface area contributed by atoms with Gasteiger partial charge in [-0.1, -0.05) is 30.3 Å². The smallest absolute Gasteiger partial charge is 0.123 e. The maximum atomic E-state index is 13.3. The number of fused-ring (bicyclic) bond motifs is 1. The Morgan fingerprint density at radius 3 is 2.81 bits per heavy atom. The van der Waals surface area contributed by atoms with Gasteiger partial charge >= 0.3 is 0 Å². The van der Waals surface area contributed by atoms with Crippen LogP contribution in [0.25, 0.3) is 10.9 Å². The summed E-state index contributed by atoms with van der Waals surface area (Å²) in [5.41, 5.74) is 3.15. The summed E-state index contributed by atoms with van der Waals surface area (Å²) in [7, 11) is 0. The van der Waals surface area contributed by atoms with Gasteiger partial charge in [-0.2, -0.15) is 0 Å². The molecule has 0 spiro atoms. The molecule has 2 heterocycles. The molecule has 0 radical (unpaired) electrons. The second-order valence-electron chi connectivity index (χ2n) is 5.09. The number of thioether (sulfide) groups is 1. The minimum atomic E-state index is -0.212. The van der Waals surface area contributed by atoms with E-state index in [9.17, 15) is 4.39 Å². The SMILES string of the molecule is Fc1ccc2[nH]c(C3=NC(c4ccccc4)CS3)cc2c1. The van der Waals surface area contributed by atoms with Crippen molar-refractivity contribution in [1.82, 2.24) is 4.98 Å². The number of hydrogen-bond acceptors (Lipinski definition) is 2. The minimum absolute atomic E-state index is 0.203. The highest BCUT2D eigenvalue weighted by Gasteiger charge is 2.21. The Kier molecular flexibility index (Phi) is 3.04. The van der Waals surface area contributed by atoms with Gasteiger partial charge in [0.05, 0.1) is 11.7 Å². The molecule has 1 N–H and O–H groups in total. The molecule has 21 heavy (non-hydrogen) atoms. The van der Waals surface area contributed by atoms with Crippen LogP contribution >= 0.6 is 11.8 Å². The lowest BCUT2D eigenvalue weighted by atomic mass is 10.1. The zero-order valence-electron chi connectivity index (χ0n) is 11.2. The highest BCUT2D eigenvalue weighted by atomic mass is 32.2. The van der Waals surface area contributed by atoms with E-state index < -0.39 is 0 Å². The Bertz CT molecular complexity index is 823. The van der Waals surface area contributed by atoms with E-state index in [0.29, 0.717) is 0 Å². The standard InChI is InChI=1S/C17H13FN2S/c18-13-6-7-14-12(8-13)9-15(19-14)17-20-16(10-21-17)11-4-2-1-3-5-11/h1-9,16,19H,10H2. The minimum Gasteiger partial charge on any atom is -0.353 e. The number of aromatic nitrogens is 1. The summed E-state index contributed by atoms with van der Waals surface area (Å²) >= 11 is 1.74. The second-order valence-corrected chi connectivity index (χ2v) is 6.10. The Morgan fingerprint density at radius 2 is 1.95 bits per heavy atom. The molecule has 0 saturated carbocycles. The van der Waals surface area contributed by atoms with Gasteiger partial charge in [-0.3, -0.25) is 4.99 Å². The van der Waals surface area contributed by atoms with Crippen molar-refractivity contribution >= 4 is 27.7 Å². The third kappa shape index (κ3) is 2.36. The fraction of sp³-hybridized carbons (Fsp3) is 0.118. The van der Waals surface area contributed by atoms with Gasteiger partial charge in [-0.25, -0.2) is 4.39 Å². The molecule has 0 fully saturated rings. The largest absolute Gasteiger partial charge is 0.353 e. The Labute approximate surface area is 126 Å². The van der Waals surface area contributed by atoms with Crippen LogP contribution in [-0.2, 0) is 0 Å². The van der Waals surface area contributed by atoms with Crippen molar-refractivity contribution in [3.8, 4) is 0 Å². The molecule has 1 aliphatic heterocycles. The van der Waals surface area contributed by atoms with Crippen molar-refractivity contribution < 1.29 is 4.39 Å². The quantitative estimate of drug-likeness (QED) is 0.738. The van der Waals surface area contributed by atoms with Crippen LogP contribution in [0.1, 0.15) is 17.3 Å². The summed E-state index contributed by atoms with van der Waals surface area (Å²) in [4.78, 5) is 8.12. The van der Waals surface area contributed by atoms with E-state index in [1.165, 1.54) is 11.6 Å². The molecule has 2 aromatic carbocycles. The van der Waals surface area contributed by atoms with Gasteiger partial charge in [0.25, 0.3) is 0 Å². The molecule has 0 bridgehead atoms. The zero-order valence-corrected chi connectivity index (χ0v) is 12.0. The first-order valence-electron chi connectivity index (χ1n) is 6.84. The Hall–Kier alpha value is -2.07. The highest BCUT2D eigenvalue weighted by molar-refractivity contribution is 8.14. The van der Waals surface area contributed by atoms with E-state index in [1.807, 2.05) is 24.3 Å². The lowest BCUT2D eigenvalue weighted by molar-refractivity contribution is 0.630. The molecule has 1 aliphatic rings. The second kappa shape index (κ2) is 5.04. The molecule has 4 rings (SSSR count). The van der Waals surface area contributed by atoms with Crippen LogP contribution in [0.3, 0.4) is 0 Å². The maximum Gasteiger partial charge on any atom is 0.123 e. The number of rotatable bonds is 2. The molecule has 2 nitrogen and oxygen atoms in total. The van der Waals surface area contributed by atoms with Gasteiger partial charge in [0.15, 0.2) is 0 Å². The molecule has 1 atom stereocenters. The number of H-pyrrole nitrogens is 1. The molecular formula is C17H13FN2S. The van der Waals surface area contributed by atoms with E-state index in [-0.39, 0.29) is 11.9 Å². The first kappa shape index (κ1) is 12.7. The van der Waals surface area contributed by atoms with Gasteiger partial charge in [-0.15, -0.1) is 11.8 Å². The number of nitrogens with one attached hydrogen (secondary N) is 1. The van der Waals surface area contributed by atoms with Crippen LogP contribution in [0.2, 0.25) is 0 Å². The molecule has 104 valence electrons. The van der Waals surface area contributed by atoms with Gasteiger partial charge in [0.1, 0.15) is 10.9 Å². The van der Waals surface area contributed by atoms with Gasteiger partial charge in [0.2, 0.25) is 0 Å². The van der Waals surface area contributed by atoms with Crippen LogP contribution in [0.15, 0.2) is 59.6 Å². The lowest BCUT2D eigenvalue weighted by Crippen LogP contribution is -1.93. The van der Waals surface area contributed by atoms with Crippen LogP contribution in [0.4, 0.5) is 4.39 Å². The number of aromatic amines is 1. The van der Waals surface area contributed by atoms with E-state index in [0.717, 1.165) is 27.4 Å². The topological polar surface area (TPSA) is 28.1 Å². The molecule has 4 heteroatoms. The van der Waals surface area contributed by atoms with Crippen molar-refractivity contribution in [2.24, 2.45) is 4.99 Å². The normalized spacial score (nSPS) is 18.1. The summed E-state index contributed by atoms with van der Waals surface area (Å²) in [6, 6.07) is 17.3. The van der Waals surface area contributed by atoms with Crippen molar-refractivity contribution in [2.75, 3.05) is 5.75 Å². The summed E-state index contributed by atoms with van der Waals surface area (Å²) in [5.74, 6) is 0.736. The molecular weight excluding hydrogens is 283 g/mol. The number of benzene rings is 2. The van der Waals surface area contributed by atoms with Gasteiger partial charge < -0.3 is 4.98 Å². The average Bonchev–Trinajstić information content (AvgIpc) is 3.14. The summed E-state index contributed by atoms with van der Waals surface area (Å²) < 4.78 is 13.3. The van der Waals surface area contributed by atoms with Crippen LogP contribution in [0, 0.1) is 5.82 Å². The Morgan fingerprint density at radius 1 is 1.10 bits per heavy atom. The number of hydrogen-bond donors (Lipinski definition) is 1. The summed E-state index contributed by atoms with van der Waals surface area (Å²) in [6.45, 7) is 0. The van der Waals surface area contributed by atoms with Gasteiger partial charge in [-0.05, 0) is 29.8 Å². The van der Waals surface area contributed by atoms with Crippen LogP contribution in [-0.4, -0.2) is 15.8 Å². The molecule has 1 unspecified atom stereocenters. The van der Waals surface area contributed by atoms with E-state index in [1.54, 1.807) is 23.9 Å². The number of aliphatic imine (C=N–C) groups is 1. The number of halogens is 1. The average molecular weight is 296 g/mol. The fourth-order valence-electron chi connectivity index (χ4n) is 2.59. The summed E-state index contributed by atoms with van der Waals surface area (Å²) in [5, 5.41) is 1.89. The third-order valence-corrected chi connectivity index (χ3v) is 4.73. The van der Waals surface area contributed by atoms with Crippen LogP contribution < -0.4 is 0 Å². The van der Waals surface area contributed by atoms with E-state index >= 15 is 0 Å². The molecule has 3 aromatic rings. The van der Waals surface area contributed by atoms with E-state index in [2.05, 4.69) is 17.1 Å².